The van der Waals surface area contributed by atoms with Gasteiger partial charge in [-0.1, -0.05) is 18.2 Å². The number of urea groups is 1. The van der Waals surface area contributed by atoms with Gasteiger partial charge in [-0.3, -0.25) is 0 Å². The minimum absolute atomic E-state index is 0.458. The van der Waals surface area contributed by atoms with E-state index in [1.807, 2.05) is 18.2 Å². The highest BCUT2D eigenvalue weighted by Crippen LogP contribution is 2.34. The van der Waals surface area contributed by atoms with Gasteiger partial charge in [-0.25, -0.2) is 4.79 Å². The molecule has 0 unspecified atom stereocenters. The van der Waals surface area contributed by atoms with Gasteiger partial charge in [-0.2, -0.15) is 0 Å². The third-order valence-electron chi connectivity index (χ3n) is 2.09. The van der Waals surface area contributed by atoms with Crippen LogP contribution in [0.4, 0.5) is 4.79 Å². The lowest BCUT2D eigenvalue weighted by molar-refractivity contribution is 0.248. The van der Waals surface area contributed by atoms with Crippen molar-refractivity contribution < 1.29 is 4.79 Å². The van der Waals surface area contributed by atoms with Crippen molar-refractivity contribution in [2.45, 2.75) is 6.54 Å². The summed E-state index contributed by atoms with van der Waals surface area (Å²) in [5.41, 5.74) is 6.12. The molecule has 0 aliphatic heterocycles. The first-order chi connectivity index (χ1) is 7.18. The van der Waals surface area contributed by atoms with Gasteiger partial charge < -0.3 is 11.1 Å². The molecule has 5 heteroatoms. The zero-order chi connectivity index (χ0) is 10.8. The van der Waals surface area contributed by atoms with Crippen LogP contribution in [-0.4, -0.2) is 6.03 Å². The van der Waals surface area contributed by atoms with E-state index in [1.165, 1.54) is 4.70 Å². The molecule has 1 aromatic heterocycles. The summed E-state index contributed by atoms with van der Waals surface area (Å²) in [6.45, 7) is 0.458. The predicted molar refractivity (Wildman–Crippen MR) is 65.9 cm³/mol. The number of hydrogen-bond donors (Lipinski definition) is 2. The Hall–Kier alpha value is -1.07. The van der Waals surface area contributed by atoms with Crippen molar-refractivity contribution in [3.05, 3.63) is 33.6 Å². The van der Waals surface area contributed by atoms with Crippen LogP contribution in [-0.2, 0) is 6.54 Å². The number of benzene rings is 1. The van der Waals surface area contributed by atoms with Crippen LogP contribution in [0.5, 0.6) is 0 Å². The van der Waals surface area contributed by atoms with Crippen molar-refractivity contribution in [3.8, 4) is 0 Å². The maximum Gasteiger partial charge on any atom is 0.312 e. The topological polar surface area (TPSA) is 55.1 Å². The molecule has 3 nitrogen and oxygen atoms in total. The lowest BCUT2D eigenvalue weighted by Gasteiger charge is -2.01. The summed E-state index contributed by atoms with van der Waals surface area (Å²) in [6.07, 6.45) is 0. The van der Waals surface area contributed by atoms with Crippen molar-refractivity contribution >= 4 is 43.4 Å². The number of hydrogen-bond acceptors (Lipinski definition) is 2. The number of carbonyl (C=O) groups excluding carboxylic acids is 1. The van der Waals surface area contributed by atoms with E-state index in [0.29, 0.717) is 6.54 Å². The highest BCUT2D eigenvalue weighted by Gasteiger charge is 2.09. The van der Waals surface area contributed by atoms with Crippen molar-refractivity contribution in [1.82, 2.24) is 5.32 Å². The molecule has 15 heavy (non-hydrogen) atoms. The van der Waals surface area contributed by atoms with Gasteiger partial charge in [0.2, 0.25) is 0 Å². The summed E-state index contributed by atoms with van der Waals surface area (Å²) in [7, 11) is 0. The summed E-state index contributed by atoms with van der Waals surface area (Å²) in [5.74, 6) is 0. The Morgan fingerprint density at radius 3 is 2.93 bits per heavy atom. The van der Waals surface area contributed by atoms with Crippen molar-refractivity contribution in [3.63, 3.8) is 0 Å². The van der Waals surface area contributed by atoms with Crippen LogP contribution in [0.25, 0.3) is 10.1 Å². The van der Waals surface area contributed by atoms with Gasteiger partial charge in [0.25, 0.3) is 0 Å². The molecule has 0 bridgehead atoms. The second-order valence-corrected chi connectivity index (χ2v) is 5.44. The Balaban J connectivity index is 2.40. The number of thiophene rings is 1. The summed E-state index contributed by atoms with van der Waals surface area (Å²) in [6, 6.07) is 7.57. The standard InChI is InChI=1S/C10H9BrN2OS/c11-9-7(5-13-10(12)14)6-3-1-2-4-8(6)15-9/h1-4H,5H2,(H3,12,13,14). The van der Waals surface area contributed by atoms with E-state index in [0.717, 1.165) is 14.7 Å². The smallest absolute Gasteiger partial charge is 0.312 e. The molecular formula is C10H9BrN2OS. The molecule has 0 spiro atoms. The SMILES string of the molecule is NC(=O)NCc1c(Br)sc2ccccc12. The second-order valence-electron chi connectivity index (χ2n) is 3.07. The van der Waals surface area contributed by atoms with Gasteiger partial charge in [0.1, 0.15) is 0 Å². The van der Waals surface area contributed by atoms with E-state index in [1.54, 1.807) is 11.3 Å². The Kier molecular flexibility index (Phi) is 2.93. The van der Waals surface area contributed by atoms with Crippen molar-refractivity contribution in [2.24, 2.45) is 5.73 Å². The molecule has 0 saturated carbocycles. The minimum atomic E-state index is -0.503. The molecule has 0 radical (unpaired) electrons. The molecule has 0 aliphatic carbocycles. The number of nitrogens with one attached hydrogen (secondary N) is 1. The quantitative estimate of drug-likeness (QED) is 0.875. The van der Waals surface area contributed by atoms with Gasteiger partial charge in [0, 0.05) is 16.8 Å². The van der Waals surface area contributed by atoms with E-state index >= 15 is 0 Å². The third kappa shape index (κ3) is 2.13. The van der Waals surface area contributed by atoms with Crippen LogP contribution < -0.4 is 11.1 Å². The van der Waals surface area contributed by atoms with E-state index < -0.39 is 6.03 Å². The summed E-state index contributed by atoms with van der Waals surface area (Å²) in [5, 5.41) is 3.75. The van der Waals surface area contributed by atoms with Gasteiger partial charge in [-0.05, 0) is 27.4 Å². The largest absolute Gasteiger partial charge is 0.352 e. The molecule has 1 aromatic carbocycles. The second kappa shape index (κ2) is 4.20. The van der Waals surface area contributed by atoms with E-state index in [9.17, 15) is 4.79 Å². The van der Waals surface area contributed by atoms with Gasteiger partial charge in [0.05, 0.1) is 3.79 Å². The van der Waals surface area contributed by atoms with Gasteiger partial charge in [0.15, 0.2) is 0 Å². The van der Waals surface area contributed by atoms with E-state index in [2.05, 4.69) is 27.3 Å². The molecule has 0 fully saturated rings. The Morgan fingerprint density at radius 1 is 1.47 bits per heavy atom. The van der Waals surface area contributed by atoms with Crippen LogP contribution in [0.3, 0.4) is 0 Å². The number of carbonyl (C=O) groups is 1. The zero-order valence-corrected chi connectivity index (χ0v) is 10.2. The van der Waals surface area contributed by atoms with Crippen molar-refractivity contribution in [2.75, 3.05) is 0 Å². The maximum atomic E-state index is 10.6. The molecule has 0 atom stereocenters. The first-order valence-electron chi connectivity index (χ1n) is 4.37. The molecule has 3 N–H and O–H groups in total. The summed E-state index contributed by atoms with van der Waals surface area (Å²) < 4.78 is 2.24. The lowest BCUT2D eigenvalue weighted by Crippen LogP contribution is -2.28. The molecule has 0 aliphatic rings. The molecular weight excluding hydrogens is 276 g/mol. The third-order valence-corrected chi connectivity index (χ3v) is 4.05. The molecule has 2 amide bonds. The average Bonchev–Trinajstić information content (AvgIpc) is 2.50. The fourth-order valence-electron chi connectivity index (χ4n) is 1.41. The first-order valence-corrected chi connectivity index (χ1v) is 5.98. The van der Waals surface area contributed by atoms with Crippen LogP contribution in [0.15, 0.2) is 28.1 Å². The van der Waals surface area contributed by atoms with Crippen LogP contribution >= 0.6 is 27.3 Å². The fourth-order valence-corrected chi connectivity index (χ4v) is 3.23. The minimum Gasteiger partial charge on any atom is -0.352 e. The zero-order valence-electron chi connectivity index (χ0n) is 7.79. The highest BCUT2D eigenvalue weighted by molar-refractivity contribution is 9.11. The number of rotatable bonds is 2. The molecule has 2 rings (SSSR count). The number of primary amides is 1. The lowest BCUT2D eigenvalue weighted by atomic mass is 10.2. The monoisotopic (exact) mass is 284 g/mol. The van der Waals surface area contributed by atoms with E-state index in [-0.39, 0.29) is 0 Å². The van der Waals surface area contributed by atoms with Gasteiger partial charge >= 0.3 is 6.03 Å². The number of halogens is 1. The predicted octanol–water partition coefficient (Wildman–Crippen LogP) is 2.83. The van der Waals surface area contributed by atoms with Crippen LogP contribution in [0, 0.1) is 0 Å². The summed E-state index contributed by atoms with van der Waals surface area (Å²) in [4.78, 5) is 10.6. The van der Waals surface area contributed by atoms with Crippen molar-refractivity contribution in [1.29, 1.82) is 0 Å². The molecule has 0 saturated heterocycles. The first kappa shape index (κ1) is 10.4. The number of amides is 2. The van der Waals surface area contributed by atoms with Gasteiger partial charge in [-0.15, -0.1) is 11.3 Å². The highest BCUT2D eigenvalue weighted by atomic mass is 79.9. The fraction of sp³-hybridized carbons (Fsp3) is 0.100. The van der Waals surface area contributed by atoms with E-state index in [4.69, 9.17) is 5.73 Å². The maximum absolute atomic E-state index is 10.6. The van der Waals surface area contributed by atoms with Crippen LogP contribution in [0.2, 0.25) is 0 Å². The Morgan fingerprint density at radius 2 is 2.20 bits per heavy atom. The molecule has 78 valence electrons. The Labute approximate surface area is 99.4 Å². The number of nitrogens with two attached hydrogens (primary N) is 1. The average molecular weight is 285 g/mol. The van der Waals surface area contributed by atoms with Crippen LogP contribution in [0.1, 0.15) is 5.56 Å². The molecule has 1 heterocycles. The number of fused-ring (bicyclic) bond motifs is 1. The summed E-state index contributed by atoms with van der Waals surface area (Å²) >= 11 is 5.14. The molecule has 2 aromatic rings. The Bertz CT molecular complexity index is 509. The normalized spacial score (nSPS) is 10.5.